The van der Waals surface area contributed by atoms with Gasteiger partial charge in [0.1, 0.15) is 0 Å². The van der Waals surface area contributed by atoms with Gasteiger partial charge in [-0.2, -0.15) is 0 Å². The molecule has 1 heterocycles. The Bertz CT molecular complexity index is 333. The van der Waals surface area contributed by atoms with E-state index in [1.807, 2.05) is 11.8 Å². The largest absolute Gasteiger partial charge is 0.292 e. The van der Waals surface area contributed by atoms with Crippen molar-refractivity contribution < 1.29 is 0 Å². The first kappa shape index (κ1) is 10.1. The lowest BCUT2D eigenvalue weighted by molar-refractivity contribution is 0.226. The van der Waals surface area contributed by atoms with E-state index in [0.717, 1.165) is 13.1 Å². The van der Waals surface area contributed by atoms with Crippen LogP contribution in [0.25, 0.3) is 0 Å². The molecule has 1 aromatic rings. The van der Waals surface area contributed by atoms with Gasteiger partial charge in [-0.1, -0.05) is 12.1 Å². The number of benzene rings is 1. The monoisotopic (exact) mass is 207 g/mol. The quantitative estimate of drug-likeness (QED) is 0.685. The summed E-state index contributed by atoms with van der Waals surface area (Å²) in [6.07, 6.45) is 2.16. The summed E-state index contributed by atoms with van der Waals surface area (Å²) >= 11 is 1.86. The maximum absolute atomic E-state index is 2.52. The second kappa shape index (κ2) is 3.95. The lowest BCUT2D eigenvalue weighted by Crippen LogP contribution is -2.24. The molecule has 14 heavy (non-hydrogen) atoms. The molecular weight excluding hydrogens is 190 g/mol. The van der Waals surface area contributed by atoms with E-state index >= 15 is 0 Å². The van der Waals surface area contributed by atoms with Crippen molar-refractivity contribution >= 4 is 11.8 Å². The van der Waals surface area contributed by atoms with Gasteiger partial charge in [-0.25, -0.2) is 0 Å². The van der Waals surface area contributed by atoms with Gasteiger partial charge in [-0.05, 0) is 37.3 Å². The van der Waals surface area contributed by atoms with Crippen molar-refractivity contribution in [1.29, 1.82) is 0 Å². The second-order valence-electron chi connectivity index (χ2n) is 4.10. The van der Waals surface area contributed by atoms with Gasteiger partial charge in [0, 0.05) is 24.0 Å². The fraction of sp³-hybridized carbons (Fsp3) is 0.500. The zero-order chi connectivity index (χ0) is 10.1. The number of nitrogens with zero attached hydrogens (tertiary/aromatic N) is 1. The van der Waals surface area contributed by atoms with Gasteiger partial charge in [-0.15, -0.1) is 11.8 Å². The van der Waals surface area contributed by atoms with Crippen LogP contribution < -0.4 is 0 Å². The van der Waals surface area contributed by atoms with E-state index in [1.54, 1.807) is 5.56 Å². The Morgan fingerprint density at radius 1 is 1.29 bits per heavy atom. The van der Waals surface area contributed by atoms with Gasteiger partial charge in [0.25, 0.3) is 0 Å². The molecule has 0 saturated heterocycles. The smallest absolute Gasteiger partial charge is 0.0254 e. The minimum absolute atomic E-state index is 0.650. The summed E-state index contributed by atoms with van der Waals surface area (Å²) in [5, 5.41) is 0. The van der Waals surface area contributed by atoms with E-state index in [0.29, 0.717) is 6.04 Å². The molecule has 0 radical (unpaired) electrons. The molecule has 1 nitrogen and oxygen atoms in total. The van der Waals surface area contributed by atoms with Gasteiger partial charge in [0.15, 0.2) is 0 Å². The number of rotatable bonds is 2. The van der Waals surface area contributed by atoms with Gasteiger partial charge in [0.05, 0.1) is 0 Å². The highest BCUT2D eigenvalue weighted by atomic mass is 32.2. The standard InChI is InChI=1S/C12H17NS/c1-9(2)13-7-10-5-4-6-12(14-3)11(10)8-13/h4-6,9H,7-8H2,1-3H3. The third kappa shape index (κ3) is 1.69. The van der Waals surface area contributed by atoms with Crippen LogP contribution in [0.15, 0.2) is 23.1 Å². The fourth-order valence-corrected chi connectivity index (χ4v) is 2.63. The maximum Gasteiger partial charge on any atom is 0.0254 e. The van der Waals surface area contributed by atoms with Crippen molar-refractivity contribution in [2.75, 3.05) is 6.26 Å². The third-order valence-corrected chi connectivity index (χ3v) is 3.74. The average Bonchev–Trinajstić information content (AvgIpc) is 2.60. The highest BCUT2D eigenvalue weighted by Gasteiger charge is 2.22. The summed E-state index contributed by atoms with van der Waals surface area (Å²) in [5.74, 6) is 0. The van der Waals surface area contributed by atoms with E-state index < -0.39 is 0 Å². The summed E-state index contributed by atoms with van der Waals surface area (Å²) in [7, 11) is 0. The zero-order valence-corrected chi connectivity index (χ0v) is 9.90. The Kier molecular flexibility index (Phi) is 2.84. The minimum Gasteiger partial charge on any atom is -0.292 e. The molecule has 2 heteroatoms. The molecule has 0 aliphatic carbocycles. The van der Waals surface area contributed by atoms with Crippen LogP contribution in [-0.4, -0.2) is 17.2 Å². The molecule has 0 saturated carbocycles. The molecule has 76 valence electrons. The molecule has 0 unspecified atom stereocenters. The normalized spacial score (nSPS) is 16.3. The molecule has 0 fully saturated rings. The predicted octanol–water partition coefficient (Wildman–Crippen LogP) is 3.13. The van der Waals surface area contributed by atoms with E-state index in [-0.39, 0.29) is 0 Å². The lowest BCUT2D eigenvalue weighted by atomic mass is 10.1. The Labute approximate surface area is 90.5 Å². The molecular formula is C12H17NS. The summed E-state index contributed by atoms with van der Waals surface area (Å²) in [6.45, 7) is 6.79. The third-order valence-electron chi connectivity index (χ3n) is 2.91. The van der Waals surface area contributed by atoms with E-state index in [4.69, 9.17) is 0 Å². The molecule has 1 aliphatic rings. The molecule has 0 aromatic heterocycles. The van der Waals surface area contributed by atoms with E-state index in [2.05, 4.69) is 43.2 Å². The van der Waals surface area contributed by atoms with Gasteiger partial charge in [-0.3, -0.25) is 4.90 Å². The van der Waals surface area contributed by atoms with Crippen molar-refractivity contribution in [1.82, 2.24) is 4.90 Å². The maximum atomic E-state index is 2.52. The van der Waals surface area contributed by atoms with Crippen molar-refractivity contribution in [3.8, 4) is 0 Å². The summed E-state index contributed by atoms with van der Waals surface area (Å²) in [6, 6.07) is 7.32. The Balaban J connectivity index is 2.30. The second-order valence-corrected chi connectivity index (χ2v) is 4.94. The predicted molar refractivity (Wildman–Crippen MR) is 62.6 cm³/mol. The highest BCUT2D eigenvalue weighted by molar-refractivity contribution is 7.98. The molecule has 1 aromatic carbocycles. The first-order valence-electron chi connectivity index (χ1n) is 5.11. The van der Waals surface area contributed by atoms with Crippen molar-refractivity contribution in [3.05, 3.63) is 29.3 Å². The van der Waals surface area contributed by atoms with Crippen LogP contribution in [0.2, 0.25) is 0 Å². The van der Waals surface area contributed by atoms with Gasteiger partial charge < -0.3 is 0 Å². The summed E-state index contributed by atoms with van der Waals surface area (Å²) in [5.41, 5.74) is 3.07. The highest BCUT2D eigenvalue weighted by Crippen LogP contribution is 2.31. The average molecular weight is 207 g/mol. The Hall–Kier alpha value is -0.470. The number of hydrogen-bond acceptors (Lipinski definition) is 2. The van der Waals surface area contributed by atoms with Crippen LogP contribution in [0.4, 0.5) is 0 Å². The SMILES string of the molecule is CSc1cccc2c1CN(C(C)C)C2. The van der Waals surface area contributed by atoms with E-state index in [9.17, 15) is 0 Å². The van der Waals surface area contributed by atoms with Crippen molar-refractivity contribution in [2.24, 2.45) is 0 Å². The van der Waals surface area contributed by atoms with Crippen LogP contribution in [0.3, 0.4) is 0 Å². The molecule has 0 bridgehead atoms. The number of hydrogen-bond donors (Lipinski definition) is 0. The zero-order valence-electron chi connectivity index (χ0n) is 9.08. The van der Waals surface area contributed by atoms with Gasteiger partial charge in [0.2, 0.25) is 0 Å². The topological polar surface area (TPSA) is 3.24 Å². The summed E-state index contributed by atoms with van der Waals surface area (Å²) in [4.78, 5) is 3.97. The van der Waals surface area contributed by atoms with Crippen LogP contribution in [0.5, 0.6) is 0 Å². The Morgan fingerprint density at radius 2 is 2.07 bits per heavy atom. The number of thioether (sulfide) groups is 1. The molecule has 2 rings (SSSR count). The van der Waals surface area contributed by atoms with Crippen LogP contribution in [-0.2, 0) is 13.1 Å². The summed E-state index contributed by atoms with van der Waals surface area (Å²) < 4.78 is 0. The first-order valence-corrected chi connectivity index (χ1v) is 6.33. The molecule has 0 amide bonds. The molecule has 1 aliphatic heterocycles. The van der Waals surface area contributed by atoms with E-state index in [1.165, 1.54) is 10.5 Å². The Morgan fingerprint density at radius 3 is 2.71 bits per heavy atom. The van der Waals surface area contributed by atoms with Crippen molar-refractivity contribution in [2.45, 2.75) is 37.9 Å². The molecule has 0 spiro atoms. The van der Waals surface area contributed by atoms with Crippen LogP contribution in [0, 0.1) is 0 Å². The van der Waals surface area contributed by atoms with Crippen molar-refractivity contribution in [3.63, 3.8) is 0 Å². The number of fused-ring (bicyclic) bond motifs is 1. The molecule has 0 atom stereocenters. The van der Waals surface area contributed by atoms with Gasteiger partial charge >= 0.3 is 0 Å². The fourth-order valence-electron chi connectivity index (χ4n) is 1.97. The molecule has 0 N–H and O–H groups in total. The van der Waals surface area contributed by atoms with Crippen LogP contribution >= 0.6 is 11.8 Å². The van der Waals surface area contributed by atoms with Crippen LogP contribution in [0.1, 0.15) is 25.0 Å². The first-order chi connectivity index (χ1) is 6.72. The minimum atomic E-state index is 0.650. The lowest BCUT2D eigenvalue weighted by Gasteiger charge is -2.19.